The fraction of sp³-hybridized carbons (Fsp3) is 0. The van der Waals surface area contributed by atoms with E-state index in [-0.39, 0.29) is 126 Å². The maximum Gasteiger partial charge on any atom is 4.00 e. The van der Waals surface area contributed by atoms with Crippen molar-refractivity contribution in [3.05, 3.63) is 0 Å². The van der Waals surface area contributed by atoms with Crippen LogP contribution in [0.2, 0.25) is 0 Å². The summed E-state index contributed by atoms with van der Waals surface area (Å²) in [6.45, 7) is 0. The first-order valence-corrected chi connectivity index (χ1v) is 0. The van der Waals surface area contributed by atoms with E-state index in [0.717, 1.165) is 0 Å². The molecule has 0 aromatic heterocycles. The Morgan fingerprint density at radius 1 is 1.00 bits per heavy atom. The van der Waals surface area contributed by atoms with Crippen molar-refractivity contribution >= 4 is 73.3 Å². The summed E-state index contributed by atoms with van der Waals surface area (Å²) in [5.74, 6) is 0. The standard InChI is InChI=1S/Bi.Ga.O.Pb.Sc.Ti/q2*+3;-2;+2;+3;+4. The normalized spacial score (nSPS) is 0. The van der Waals surface area contributed by atoms with Crippen molar-refractivity contribution < 1.29 is 53.0 Å². The summed E-state index contributed by atoms with van der Waals surface area (Å²) in [4.78, 5) is 0. The molecule has 4 radical (unpaired) electrons. The average Bonchev–Trinajstić information content (AvgIpc) is 0. The topological polar surface area (TPSA) is 28.5 Å². The van der Waals surface area contributed by atoms with Crippen LogP contribution in [0.25, 0.3) is 0 Å². The van der Waals surface area contributed by atoms with E-state index in [9.17, 15) is 0 Å². The monoisotopic (exact) mass is 595 g/mol. The SMILES string of the molecule is [Bi+3].[Ga+3].[O-2].[Pb+2].[Sc+3].[Ti+4]. The van der Waals surface area contributed by atoms with Crippen LogP contribution in [0.15, 0.2) is 0 Å². The molecule has 6 heteroatoms. The number of hydrogen-bond donors (Lipinski definition) is 0. The summed E-state index contributed by atoms with van der Waals surface area (Å²) >= 11 is 0. The van der Waals surface area contributed by atoms with E-state index >= 15 is 0 Å². The van der Waals surface area contributed by atoms with Gasteiger partial charge < -0.3 is 5.48 Å². The molecule has 0 aliphatic heterocycles. The third-order valence-corrected chi connectivity index (χ3v) is 0. The Morgan fingerprint density at radius 3 is 1.00 bits per heavy atom. The summed E-state index contributed by atoms with van der Waals surface area (Å²) in [5, 5.41) is 0. The third kappa shape index (κ3) is 24.5. The Labute approximate surface area is 123 Å². The maximum atomic E-state index is 0. The summed E-state index contributed by atoms with van der Waals surface area (Å²) in [7, 11) is 0. The molecule has 6 heavy (non-hydrogen) atoms. The molecule has 1 nitrogen and oxygen atoms in total. The summed E-state index contributed by atoms with van der Waals surface area (Å²) in [6, 6.07) is 0. The van der Waals surface area contributed by atoms with Crippen LogP contribution < -0.4 is 0 Å². The number of hydrogen-bond acceptors (Lipinski definition) is 0. The first-order chi connectivity index (χ1) is 0. The van der Waals surface area contributed by atoms with Crippen molar-refractivity contribution in [2.45, 2.75) is 0 Å². The Kier molecular flexibility index (Phi) is 305. The second-order valence-corrected chi connectivity index (χ2v) is 0. The molecule has 0 atom stereocenters. The fourth-order valence-electron chi connectivity index (χ4n) is 0. The molecule has 0 aliphatic rings. The van der Waals surface area contributed by atoms with Gasteiger partial charge in [-0.15, -0.1) is 0 Å². The zero-order valence-electron chi connectivity index (χ0n) is 3.01. The van der Waals surface area contributed by atoms with Gasteiger partial charge in [0.1, 0.15) is 0 Å². The molecule has 0 saturated carbocycles. The van der Waals surface area contributed by atoms with Crippen LogP contribution in [0, 0.1) is 0 Å². The zero-order chi connectivity index (χ0) is 0. The fourth-order valence-corrected chi connectivity index (χ4v) is 0. The van der Waals surface area contributed by atoms with Crippen molar-refractivity contribution in [3.63, 3.8) is 0 Å². The van der Waals surface area contributed by atoms with Gasteiger partial charge in [-0.25, -0.2) is 0 Å². The van der Waals surface area contributed by atoms with Crippen LogP contribution in [0.1, 0.15) is 0 Å². The Balaban J connectivity index is 0. The Bertz CT molecular complexity index is 15.5. The molecular formula is BiGaOPbScTi+13. The van der Waals surface area contributed by atoms with Gasteiger partial charge >= 0.3 is 121 Å². The predicted octanol–water partition coefficient (Wildman–Crippen LogP) is -1.27. The molecule has 12 valence electrons. The number of rotatable bonds is 0. The quantitative estimate of drug-likeness (QED) is 0.314. The van der Waals surface area contributed by atoms with Crippen LogP contribution in [-0.2, 0) is 53.0 Å². The molecule has 0 amide bonds. The molecule has 0 unspecified atom stereocenters. The molecule has 0 rings (SSSR count). The van der Waals surface area contributed by atoms with Crippen molar-refractivity contribution in [2.75, 3.05) is 0 Å². The van der Waals surface area contributed by atoms with E-state index in [1.165, 1.54) is 0 Å². The van der Waals surface area contributed by atoms with Crippen LogP contribution >= 0.6 is 0 Å². The van der Waals surface area contributed by atoms with Gasteiger partial charge in [0, 0.05) is 0 Å². The predicted molar refractivity (Wildman–Crippen MR) is 17.9 cm³/mol. The van der Waals surface area contributed by atoms with E-state index in [4.69, 9.17) is 0 Å². The molecular weight excluding hydrogens is 595 g/mol. The smallest absolute Gasteiger partial charge is 2.00 e. The molecule has 0 N–H and O–H groups in total. The van der Waals surface area contributed by atoms with Crippen LogP contribution in [0.4, 0.5) is 0 Å². The van der Waals surface area contributed by atoms with E-state index < -0.39 is 0 Å². The Hall–Kier alpha value is 3.99. The van der Waals surface area contributed by atoms with E-state index in [0.29, 0.717) is 0 Å². The molecule has 0 aromatic carbocycles. The van der Waals surface area contributed by atoms with Gasteiger partial charge in [0.05, 0.1) is 0 Å². The van der Waals surface area contributed by atoms with E-state index in [2.05, 4.69) is 0 Å². The van der Waals surface area contributed by atoms with Crippen LogP contribution in [0.3, 0.4) is 0 Å². The van der Waals surface area contributed by atoms with Crippen molar-refractivity contribution in [1.82, 2.24) is 0 Å². The average molecular weight is 595 g/mol. The van der Waals surface area contributed by atoms with Gasteiger partial charge in [-0.05, 0) is 0 Å². The molecule has 0 aliphatic carbocycles. The van der Waals surface area contributed by atoms with Gasteiger partial charge in [-0.1, -0.05) is 0 Å². The molecule has 0 aromatic rings. The third-order valence-electron chi connectivity index (χ3n) is 0. The maximum absolute atomic E-state index is 0. The van der Waals surface area contributed by atoms with Crippen LogP contribution in [0.5, 0.6) is 0 Å². The first-order valence-electron chi connectivity index (χ1n) is 0. The summed E-state index contributed by atoms with van der Waals surface area (Å²) < 4.78 is 0. The molecule has 0 spiro atoms. The summed E-state index contributed by atoms with van der Waals surface area (Å²) in [6.07, 6.45) is 0. The molecule has 0 heterocycles. The second-order valence-electron chi connectivity index (χ2n) is 0. The van der Waals surface area contributed by atoms with Crippen molar-refractivity contribution in [3.8, 4) is 0 Å². The zero-order valence-corrected chi connectivity index (χ0v) is 16.2. The molecule has 0 saturated heterocycles. The largest absolute Gasteiger partial charge is 4.00 e. The summed E-state index contributed by atoms with van der Waals surface area (Å²) in [5.41, 5.74) is 0. The van der Waals surface area contributed by atoms with Gasteiger partial charge in [0.25, 0.3) is 0 Å². The van der Waals surface area contributed by atoms with Crippen LogP contribution in [-0.4, -0.2) is 73.3 Å². The molecule has 0 fully saturated rings. The first kappa shape index (κ1) is 50.8. The minimum absolute atomic E-state index is 0. The Morgan fingerprint density at radius 2 is 1.00 bits per heavy atom. The second kappa shape index (κ2) is 36.1. The minimum Gasteiger partial charge on any atom is -2.00 e. The van der Waals surface area contributed by atoms with Crippen molar-refractivity contribution in [2.24, 2.45) is 0 Å². The van der Waals surface area contributed by atoms with E-state index in [1.807, 2.05) is 0 Å². The minimum atomic E-state index is 0. The van der Waals surface area contributed by atoms with Gasteiger partial charge in [0.15, 0.2) is 0 Å². The van der Waals surface area contributed by atoms with Gasteiger partial charge in [-0.3, -0.25) is 0 Å². The molecule has 0 bridgehead atoms. The van der Waals surface area contributed by atoms with Crippen molar-refractivity contribution in [1.29, 1.82) is 0 Å². The van der Waals surface area contributed by atoms with Gasteiger partial charge in [-0.2, -0.15) is 0 Å². The van der Waals surface area contributed by atoms with E-state index in [1.54, 1.807) is 0 Å². The van der Waals surface area contributed by atoms with Gasteiger partial charge in [0.2, 0.25) is 0 Å².